The zero-order chi connectivity index (χ0) is 18.9. The highest BCUT2D eigenvalue weighted by atomic mass is 19.4. The van der Waals surface area contributed by atoms with Gasteiger partial charge < -0.3 is 14.7 Å². The van der Waals surface area contributed by atoms with Gasteiger partial charge in [0.05, 0.1) is 6.54 Å². The lowest BCUT2D eigenvalue weighted by atomic mass is 10.0. The Hall–Kier alpha value is -1.97. The number of aliphatic hydroxyl groups is 1. The van der Waals surface area contributed by atoms with Crippen molar-refractivity contribution in [3.8, 4) is 5.75 Å². The van der Waals surface area contributed by atoms with Gasteiger partial charge in [0, 0.05) is 19.4 Å². The topological polar surface area (TPSA) is 49.8 Å². The number of hydrogen-bond acceptors (Lipinski definition) is 3. The minimum Gasteiger partial charge on any atom is -0.406 e. The number of likely N-dealkylation sites (tertiary alicyclic amines) is 1. The Kier molecular flexibility index (Phi) is 5.22. The highest BCUT2D eigenvalue weighted by Crippen LogP contribution is 2.38. The van der Waals surface area contributed by atoms with Gasteiger partial charge in [0.1, 0.15) is 5.75 Å². The first-order chi connectivity index (χ1) is 11.4. The summed E-state index contributed by atoms with van der Waals surface area (Å²) in [6, 6.07) is 5.22. The molecule has 1 heterocycles. The maximum Gasteiger partial charge on any atom is 0.573 e. The maximum absolute atomic E-state index is 12.7. The van der Waals surface area contributed by atoms with Gasteiger partial charge in [0.15, 0.2) is 5.60 Å². The summed E-state index contributed by atoms with van der Waals surface area (Å²) in [4.78, 5) is 12.9. The van der Waals surface area contributed by atoms with Crippen molar-refractivity contribution >= 4 is 5.91 Å². The number of benzene rings is 1. The van der Waals surface area contributed by atoms with E-state index in [4.69, 9.17) is 0 Å². The van der Waals surface area contributed by atoms with E-state index in [1.54, 1.807) is 0 Å². The first kappa shape index (κ1) is 19.4. The molecule has 1 aromatic carbocycles. The fraction of sp³-hybridized carbons (Fsp3) is 0.533. The van der Waals surface area contributed by atoms with E-state index in [1.807, 2.05) is 0 Å². The predicted octanol–water partition coefficient (Wildman–Crippen LogP) is 3.04. The van der Waals surface area contributed by atoms with E-state index in [2.05, 4.69) is 4.74 Å². The Bertz CT molecular complexity index is 630. The number of aryl methyl sites for hydroxylation is 1. The van der Waals surface area contributed by atoms with Crippen molar-refractivity contribution in [3.05, 3.63) is 29.8 Å². The Morgan fingerprint density at radius 1 is 1.20 bits per heavy atom. The molecule has 1 N–H and O–H groups in total. The molecule has 0 radical (unpaired) electrons. The molecular formula is C15H15F6NO3. The number of para-hydroxylation sites is 1. The monoisotopic (exact) mass is 371 g/mol. The van der Waals surface area contributed by atoms with Gasteiger partial charge in [0.25, 0.3) is 0 Å². The highest BCUT2D eigenvalue weighted by molar-refractivity contribution is 5.77. The Morgan fingerprint density at radius 3 is 2.40 bits per heavy atom. The Balaban J connectivity index is 1.98. The molecule has 1 unspecified atom stereocenters. The second kappa shape index (κ2) is 6.74. The van der Waals surface area contributed by atoms with E-state index in [1.165, 1.54) is 18.2 Å². The number of amides is 1. The van der Waals surface area contributed by atoms with Crippen LogP contribution < -0.4 is 4.74 Å². The normalized spacial score (nSPS) is 21.5. The number of halogens is 6. The van der Waals surface area contributed by atoms with Crippen molar-refractivity contribution in [1.29, 1.82) is 0 Å². The lowest BCUT2D eigenvalue weighted by Gasteiger charge is -2.26. The van der Waals surface area contributed by atoms with Gasteiger partial charge in [-0.05, 0) is 18.1 Å². The first-order valence-electron chi connectivity index (χ1n) is 7.32. The molecule has 0 bridgehead atoms. The van der Waals surface area contributed by atoms with Crippen LogP contribution in [0.4, 0.5) is 26.3 Å². The Labute approximate surface area is 139 Å². The lowest BCUT2D eigenvalue weighted by Crippen LogP contribution is -2.48. The molecule has 10 heteroatoms. The third-order valence-corrected chi connectivity index (χ3v) is 3.93. The first-order valence-corrected chi connectivity index (χ1v) is 7.32. The minimum atomic E-state index is -4.89. The molecule has 0 aromatic heterocycles. The van der Waals surface area contributed by atoms with Gasteiger partial charge in [-0.1, -0.05) is 18.2 Å². The average Bonchev–Trinajstić information content (AvgIpc) is 2.88. The van der Waals surface area contributed by atoms with Crippen LogP contribution in [0.1, 0.15) is 18.4 Å². The van der Waals surface area contributed by atoms with E-state index >= 15 is 0 Å². The number of ether oxygens (including phenoxy) is 1. The van der Waals surface area contributed by atoms with E-state index in [9.17, 15) is 36.2 Å². The molecular weight excluding hydrogens is 356 g/mol. The summed E-state index contributed by atoms with van der Waals surface area (Å²) in [5.74, 6) is -1.14. The molecule has 1 atom stereocenters. The maximum atomic E-state index is 12.7. The van der Waals surface area contributed by atoms with Crippen molar-refractivity contribution in [1.82, 2.24) is 4.90 Å². The van der Waals surface area contributed by atoms with Crippen LogP contribution in [0.5, 0.6) is 5.75 Å². The fourth-order valence-corrected chi connectivity index (χ4v) is 2.57. The molecule has 4 nitrogen and oxygen atoms in total. The van der Waals surface area contributed by atoms with E-state index in [-0.39, 0.29) is 24.9 Å². The zero-order valence-corrected chi connectivity index (χ0v) is 12.8. The number of carbonyl (C=O) groups excluding carboxylic acids is 1. The van der Waals surface area contributed by atoms with Crippen molar-refractivity contribution in [2.24, 2.45) is 0 Å². The van der Waals surface area contributed by atoms with Crippen molar-refractivity contribution in [2.45, 2.75) is 37.4 Å². The van der Waals surface area contributed by atoms with Crippen LogP contribution in [0.15, 0.2) is 24.3 Å². The van der Waals surface area contributed by atoms with Gasteiger partial charge in [-0.3, -0.25) is 4.79 Å². The van der Waals surface area contributed by atoms with Gasteiger partial charge in [-0.15, -0.1) is 13.2 Å². The van der Waals surface area contributed by atoms with Crippen LogP contribution in [0.3, 0.4) is 0 Å². The van der Waals surface area contributed by atoms with Gasteiger partial charge >= 0.3 is 12.5 Å². The predicted molar refractivity (Wildman–Crippen MR) is 73.6 cm³/mol. The third-order valence-electron chi connectivity index (χ3n) is 3.93. The van der Waals surface area contributed by atoms with Crippen molar-refractivity contribution in [3.63, 3.8) is 0 Å². The quantitative estimate of drug-likeness (QED) is 0.828. The standard InChI is InChI=1S/C15H15F6NO3/c16-14(17,18)13(24)7-8-22(9-13)12(23)6-5-10-3-1-2-4-11(10)25-15(19,20)21/h1-4,24H,5-9H2. The van der Waals surface area contributed by atoms with Crippen LogP contribution in [0, 0.1) is 0 Å². The summed E-state index contributed by atoms with van der Waals surface area (Å²) in [7, 11) is 0. The van der Waals surface area contributed by atoms with Gasteiger partial charge in [0.2, 0.25) is 5.91 Å². The molecule has 1 saturated heterocycles. The summed E-state index contributed by atoms with van der Waals surface area (Å²) < 4.78 is 79.0. The summed E-state index contributed by atoms with van der Waals surface area (Å²) >= 11 is 0. The van der Waals surface area contributed by atoms with Crippen LogP contribution in [-0.4, -0.2) is 47.1 Å². The SMILES string of the molecule is O=C(CCc1ccccc1OC(F)(F)F)N1CCC(O)(C(F)(F)F)C1. The summed E-state index contributed by atoms with van der Waals surface area (Å²) in [6.07, 6.45) is -10.8. The summed E-state index contributed by atoms with van der Waals surface area (Å²) in [5.41, 5.74) is -2.83. The molecule has 140 valence electrons. The molecule has 2 rings (SSSR count). The number of hydrogen-bond donors (Lipinski definition) is 1. The lowest BCUT2D eigenvalue weighted by molar-refractivity contribution is -0.274. The summed E-state index contributed by atoms with van der Waals surface area (Å²) in [6.45, 7) is -1.15. The second-order valence-corrected chi connectivity index (χ2v) is 5.75. The van der Waals surface area contributed by atoms with E-state index in [0.29, 0.717) is 0 Å². The molecule has 1 aliphatic heterocycles. The summed E-state index contributed by atoms with van der Waals surface area (Å²) in [5, 5.41) is 9.54. The number of alkyl halides is 6. The molecule has 1 aromatic rings. The van der Waals surface area contributed by atoms with Gasteiger partial charge in [-0.2, -0.15) is 13.2 Å². The van der Waals surface area contributed by atoms with Crippen molar-refractivity contribution < 1.29 is 41.0 Å². The van der Waals surface area contributed by atoms with E-state index < -0.39 is 42.8 Å². The third kappa shape index (κ3) is 4.77. The average molecular weight is 371 g/mol. The smallest absolute Gasteiger partial charge is 0.406 e. The van der Waals surface area contributed by atoms with Crippen LogP contribution in [0.2, 0.25) is 0 Å². The number of nitrogens with zero attached hydrogens (tertiary/aromatic N) is 1. The van der Waals surface area contributed by atoms with E-state index in [0.717, 1.165) is 11.0 Å². The second-order valence-electron chi connectivity index (χ2n) is 5.75. The Morgan fingerprint density at radius 2 is 1.84 bits per heavy atom. The molecule has 0 saturated carbocycles. The highest BCUT2D eigenvalue weighted by Gasteiger charge is 2.57. The molecule has 25 heavy (non-hydrogen) atoms. The van der Waals surface area contributed by atoms with Gasteiger partial charge in [-0.25, -0.2) is 0 Å². The van der Waals surface area contributed by atoms with Crippen LogP contribution in [-0.2, 0) is 11.2 Å². The number of rotatable bonds is 4. The molecule has 0 aliphatic carbocycles. The largest absolute Gasteiger partial charge is 0.573 e. The van der Waals surface area contributed by atoms with Crippen LogP contribution in [0.25, 0.3) is 0 Å². The van der Waals surface area contributed by atoms with Crippen LogP contribution >= 0.6 is 0 Å². The molecule has 0 spiro atoms. The van der Waals surface area contributed by atoms with Crippen molar-refractivity contribution in [2.75, 3.05) is 13.1 Å². The number of carbonyl (C=O) groups is 1. The zero-order valence-electron chi connectivity index (χ0n) is 12.8. The number of β-amino-alcohol motifs (C(OH)–C–C–N with tert-alkyl or cyclic N) is 1. The fourth-order valence-electron chi connectivity index (χ4n) is 2.57. The molecule has 1 amide bonds. The molecule has 1 fully saturated rings. The molecule has 1 aliphatic rings. The minimum absolute atomic E-state index is 0.110.